The number of hydrazine groups is 1. The molecule has 4 N–H and O–H groups in total. The van der Waals surface area contributed by atoms with Gasteiger partial charge in [-0.15, -0.1) is 0 Å². The molecule has 27 heavy (non-hydrogen) atoms. The van der Waals surface area contributed by atoms with E-state index in [1.165, 1.54) is 4.90 Å². The van der Waals surface area contributed by atoms with E-state index in [9.17, 15) is 14.4 Å². The van der Waals surface area contributed by atoms with Gasteiger partial charge in [-0.25, -0.2) is 10.6 Å². The Hall–Kier alpha value is -2.61. The summed E-state index contributed by atoms with van der Waals surface area (Å²) in [5.41, 5.74) is 2.32. The van der Waals surface area contributed by atoms with Crippen molar-refractivity contribution >= 4 is 17.9 Å². The van der Waals surface area contributed by atoms with Gasteiger partial charge >= 0.3 is 6.09 Å². The van der Waals surface area contributed by atoms with Crippen LogP contribution in [0.3, 0.4) is 0 Å². The summed E-state index contributed by atoms with van der Waals surface area (Å²) in [5.74, 6) is 4.51. The first kappa shape index (κ1) is 20.7. The fraction of sp³-hybridized carbons (Fsp3) is 0.526. The fourth-order valence-electron chi connectivity index (χ4n) is 3.10. The largest absolute Gasteiger partial charge is 0.444 e. The quantitative estimate of drug-likeness (QED) is 0.405. The first-order valence-electron chi connectivity index (χ1n) is 9.05. The highest BCUT2D eigenvalue weighted by atomic mass is 16.6. The molecule has 1 aliphatic heterocycles. The van der Waals surface area contributed by atoms with Gasteiger partial charge in [0.15, 0.2) is 0 Å². The van der Waals surface area contributed by atoms with Crippen molar-refractivity contribution in [2.24, 2.45) is 5.84 Å². The molecular formula is C19H28N4O4. The second-order valence-corrected chi connectivity index (χ2v) is 7.59. The number of nitrogens with zero attached hydrogens (tertiary/aromatic N) is 1. The van der Waals surface area contributed by atoms with Gasteiger partial charge in [-0.1, -0.05) is 30.3 Å². The van der Waals surface area contributed by atoms with Gasteiger partial charge in [0.2, 0.25) is 5.91 Å². The van der Waals surface area contributed by atoms with Gasteiger partial charge in [-0.05, 0) is 39.2 Å². The number of nitrogens with one attached hydrogen (secondary N) is 2. The van der Waals surface area contributed by atoms with Crippen molar-refractivity contribution in [2.45, 2.75) is 57.7 Å². The van der Waals surface area contributed by atoms with Gasteiger partial charge in [0.25, 0.3) is 5.91 Å². The molecule has 8 nitrogen and oxygen atoms in total. The summed E-state index contributed by atoms with van der Waals surface area (Å²) in [6.07, 6.45) is 0.871. The highest BCUT2D eigenvalue weighted by Gasteiger charge is 2.37. The number of rotatable bonds is 5. The Kier molecular flexibility index (Phi) is 6.79. The highest BCUT2D eigenvalue weighted by Crippen LogP contribution is 2.20. The summed E-state index contributed by atoms with van der Waals surface area (Å²) < 4.78 is 5.29. The maximum absolute atomic E-state index is 13.1. The fourth-order valence-corrected chi connectivity index (χ4v) is 3.10. The molecular weight excluding hydrogens is 348 g/mol. The van der Waals surface area contributed by atoms with Gasteiger partial charge in [-0.2, -0.15) is 0 Å². The maximum Gasteiger partial charge on any atom is 0.408 e. The molecule has 3 amide bonds. The minimum Gasteiger partial charge on any atom is -0.444 e. The molecule has 1 saturated heterocycles. The van der Waals surface area contributed by atoms with Gasteiger partial charge in [-0.3, -0.25) is 15.0 Å². The minimum absolute atomic E-state index is 0.298. The van der Waals surface area contributed by atoms with Gasteiger partial charge < -0.3 is 15.0 Å². The summed E-state index contributed by atoms with van der Waals surface area (Å²) in [6, 6.07) is 7.91. The number of likely N-dealkylation sites (tertiary alicyclic amines) is 1. The van der Waals surface area contributed by atoms with E-state index < -0.39 is 29.7 Å². The molecule has 1 heterocycles. The Morgan fingerprint density at radius 1 is 1.26 bits per heavy atom. The normalized spacial score (nSPS) is 17.9. The van der Waals surface area contributed by atoms with E-state index in [0.717, 1.165) is 5.56 Å². The van der Waals surface area contributed by atoms with Crippen molar-refractivity contribution in [1.29, 1.82) is 0 Å². The predicted molar refractivity (Wildman–Crippen MR) is 100 cm³/mol. The molecule has 1 aromatic carbocycles. The van der Waals surface area contributed by atoms with Gasteiger partial charge in [0.05, 0.1) is 0 Å². The molecule has 2 unspecified atom stereocenters. The smallest absolute Gasteiger partial charge is 0.408 e. The zero-order valence-corrected chi connectivity index (χ0v) is 16.0. The van der Waals surface area contributed by atoms with E-state index in [0.29, 0.717) is 25.8 Å². The Bertz CT molecular complexity index is 672. The molecule has 0 spiro atoms. The summed E-state index contributed by atoms with van der Waals surface area (Å²) in [7, 11) is 0. The van der Waals surface area contributed by atoms with Crippen molar-refractivity contribution in [3.05, 3.63) is 35.9 Å². The first-order valence-corrected chi connectivity index (χ1v) is 9.05. The lowest BCUT2D eigenvalue weighted by atomic mass is 10.0. The number of carbonyl (C=O) groups is 3. The Labute approximate surface area is 159 Å². The van der Waals surface area contributed by atoms with Crippen LogP contribution in [0.2, 0.25) is 0 Å². The Morgan fingerprint density at radius 2 is 1.93 bits per heavy atom. The molecule has 1 fully saturated rings. The zero-order chi connectivity index (χ0) is 20.0. The molecule has 1 aromatic rings. The van der Waals surface area contributed by atoms with Crippen LogP contribution in [0.5, 0.6) is 0 Å². The van der Waals surface area contributed by atoms with E-state index in [4.69, 9.17) is 10.6 Å². The van der Waals surface area contributed by atoms with Crippen LogP contribution in [-0.2, 0) is 20.7 Å². The minimum atomic E-state index is -0.839. The second kappa shape index (κ2) is 8.85. The molecule has 0 radical (unpaired) electrons. The molecule has 8 heteroatoms. The maximum atomic E-state index is 13.1. The molecule has 0 saturated carbocycles. The van der Waals surface area contributed by atoms with Crippen molar-refractivity contribution in [3.63, 3.8) is 0 Å². The lowest BCUT2D eigenvalue weighted by Gasteiger charge is -2.29. The Morgan fingerprint density at radius 3 is 2.52 bits per heavy atom. The van der Waals surface area contributed by atoms with Gasteiger partial charge in [0.1, 0.15) is 17.7 Å². The van der Waals surface area contributed by atoms with Crippen LogP contribution in [0.15, 0.2) is 30.3 Å². The zero-order valence-electron chi connectivity index (χ0n) is 16.0. The average molecular weight is 376 g/mol. The lowest BCUT2D eigenvalue weighted by molar-refractivity contribution is -0.140. The molecule has 2 rings (SSSR count). The standard InChI is InChI=1S/C19H28N4O4/c1-19(2,3)27-18(26)21-14(12-13-8-5-4-6-9-13)17(25)23-11-7-10-15(23)16(24)22-20/h4-6,8-9,14-15H,7,10-12,20H2,1-3H3,(H,21,26)(H,22,24). The summed E-state index contributed by atoms with van der Waals surface area (Å²) in [5, 5.41) is 2.66. The third-order valence-corrected chi connectivity index (χ3v) is 4.25. The van der Waals surface area contributed by atoms with Crippen LogP contribution in [-0.4, -0.2) is 47.0 Å². The lowest BCUT2D eigenvalue weighted by Crippen LogP contribution is -2.55. The number of benzene rings is 1. The van der Waals surface area contributed by atoms with Crippen molar-refractivity contribution < 1.29 is 19.1 Å². The molecule has 1 aliphatic rings. The predicted octanol–water partition coefficient (Wildman–Crippen LogP) is 1.10. The number of hydrogen-bond donors (Lipinski definition) is 3. The number of nitrogens with two attached hydrogens (primary N) is 1. The van der Waals surface area contributed by atoms with E-state index >= 15 is 0 Å². The van der Waals surface area contributed by atoms with Crippen LogP contribution in [0.4, 0.5) is 4.79 Å². The molecule has 148 valence electrons. The number of hydrogen-bond acceptors (Lipinski definition) is 5. The second-order valence-electron chi connectivity index (χ2n) is 7.59. The Balaban J connectivity index is 2.18. The van der Waals surface area contributed by atoms with Crippen LogP contribution < -0.4 is 16.6 Å². The van der Waals surface area contributed by atoms with E-state index in [1.807, 2.05) is 30.3 Å². The first-order chi connectivity index (χ1) is 12.7. The number of ether oxygens (including phenoxy) is 1. The van der Waals surface area contributed by atoms with Crippen LogP contribution in [0.1, 0.15) is 39.2 Å². The molecule has 0 bridgehead atoms. The topological polar surface area (TPSA) is 114 Å². The number of alkyl carbamates (subject to hydrolysis) is 1. The molecule has 0 aliphatic carbocycles. The molecule has 0 aromatic heterocycles. The third kappa shape index (κ3) is 5.96. The van der Waals surface area contributed by atoms with Crippen molar-refractivity contribution in [1.82, 2.24) is 15.6 Å². The highest BCUT2D eigenvalue weighted by molar-refractivity contribution is 5.91. The molecule has 2 atom stereocenters. The van der Waals surface area contributed by atoms with Gasteiger partial charge in [0, 0.05) is 13.0 Å². The van der Waals surface area contributed by atoms with Crippen LogP contribution >= 0.6 is 0 Å². The monoisotopic (exact) mass is 376 g/mol. The van der Waals surface area contributed by atoms with Crippen LogP contribution in [0, 0.1) is 0 Å². The van der Waals surface area contributed by atoms with E-state index in [-0.39, 0.29) is 5.91 Å². The third-order valence-electron chi connectivity index (χ3n) is 4.25. The average Bonchev–Trinajstić information content (AvgIpc) is 3.08. The van der Waals surface area contributed by atoms with E-state index in [1.54, 1.807) is 20.8 Å². The van der Waals surface area contributed by atoms with Crippen molar-refractivity contribution in [2.75, 3.05) is 6.54 Å². The number of carbonyl (C=O) groups excluding carboxylic acids is 3. The SMILES string of the molecule is CC(C)(C)OC(=O)NC(Cc1ccccc1)C(=O)N1CCCC1C(=O)NN. The number of amides is 3. The summed E-state index contributed by atoms with van der Waals surface area (Å²) in [4.78, 5) is 38.8. The van der Waals surface area contributed by atoms with Crippen LogP contribution in [0.25, 0.3) is 0 Å². The van der Waals surface area contributed by atoms with Crippen molar-refractivity contribution in [3.8, 4) is 0 Å². The summed E-state index contributed by atoms with van der Waals surface area (Å²) >= 11 is 0. The van der Waals surface area contributed by atoms with E-state index in [2.05, 4.69) is 10.7 Å². The summed E-state index contributed by atoms with van der Waals surface area (Å²) in [6.45, 7) is 5.70.